The molecule has 3 rings (SSSR count). The number of rotatable bonds is 3. The van der Waals surface area contributed by atoms with Crippen molar-refractivity contribution in [2.75, 3.05) is 0 Å². The molecule has 0 bridgehead atoms. The quantitative estimate of drug-likeness (QED) is 0.730. The van der Waals surface area contributed by atoms with Crippen molar-refractivity contribution in [2.24, 2.45) is 0 Å². The maximum Gasteiger partial charge on any atom is 0.255 e. The van der Waals surface area contributed by atoms with E-state index in [1.807, 2.05) is 24.3 Å². The molecule has 0 amide bonds. The summed E-state index contributed by atoms with van der Waals surface area (Å²) in [6, 6.07) is 7.78. The Bertz CT molecular complexity index is 638. The van der Waals surface area contributed by atoms with Crippen molar-refractivity contribution in [3.63, 3.8) is 0 Å². The number of benzene rings is 1. The maximum atomic E-state index is 9.30. The van der Waals surface area contributed by atoms with Crippen LogP contribution in [0.25, 0.3) is 11.0 Å². The minimum atomic E-state index is -0.748. The van der Waals surface area contributed by atoms with Gasteiger partial charge in [0.1, 0.15) is 11.9 Å². The van der Waals surface area contributed by atoms with Crippen LogP contribution in [-0.2, 0) is 6.42 Å². The number of aromatic nitrogens is 4. The van der Waals surface area contributed by atoms with E-state index in [-0.39, 0.29) is 5.89 Å². The van der Waals surface area contributed by atoms with Crippen molar-refractivity contribution in [1.29, 1.82) is 0 Å². The number of H-pyrrole nitrogens is 1. The molecule has 1 unspecified atom stereocenters. The monoisotopic (exact) mass is 244 g/mol. The zero-order valence-electron chi connectivity index (χ0n) is 9.79. The van der Waals surface area contributed by atoms with Crippen LogP contribution >= 0.6 is 0 Å². The lowest BCUT2D eigenvalue weighted by atomic mass is 10.3. The third kappa shape index (κ3) is 1.98. The zero-order chi connectivity index (χ0) is 12.5. The first-order valence-corrected chi connectivity index (χ1v) is 5.66. The van der Waals surface area contributed by atoms with Gasteiger partial charge in [0.15, 0.2) is 5.82 Å². The Morgan fingerprint density at radius 3 is 2.89 bits per heavy atom. The van der Waals surface area contributed by atoms with E-state index in [2.05, 4.69) is 20.1 Å². The van der Waals surface area contributed by atoms with Gasteiger partial charge in [0.25, 0.3) is 5.89 Å². The fraction of sp³-hybridized carbons (Fsp3) is 0.250. The molecule has 1 aromatic carbocycles. The second-order valence-electron chi connectivity index (χ2n) is 4.10. The predicted octanol–water partition coefficient (Wildman–Crippen LogP) is 1.59. The summed E-state index contributed by atoms with van der Waals surface area (Å²) < 4.78 is 4.92. The topological polar surface area (TPSA) is 87.8 Å². The van der Waals surface area contributed by atoms with Crippen LogP contribution in [-0.4, -0.2) is 25.2 Å². The minimum Gasteiger partial charge on any atom is -0.384 e. The Labute approximate surface area is 103 Å². The van der Waals surface area contributed by atoms with Crippen LogP contribution in [0.1, 0.15) is 30.6 Å². The van der Waals surface area contributed by atoms with Crippen molar-refractivity contribution in [3.05, 3.63) is 41.8 Å². The molecule has 6 nitrogen and oxygen atoms in total. The average molecular weight is 244 g/mol. The summed E-state index contributed by atoms with van der Waals surface area (Å²) in [7, 11) is 0. The molecular formula is C12H12N4O2. The van der Waals surface area contributed by atoms with Crippen molar-refractivity contribution in [1.82, 2.24) is 20.1 Å². The van der Waals surface area contributed by atoms with E-state index in [4.69, 9.17) is 4.52 Å². The predicted molar refractivity (Wildman–Crippen MR) is 63.8 cm³/mol. The van der Waals surface area contributed by atoms with E-state index in [0.717, 1.165) is 16.9 Å². The molecule has 0 saturated carbocycles. The summed E-state index contributed by atoms with van der Waals surface area (Å²) in [5.74, 6) is 1.50. The van der Waals surface area contributed by atoms with Crippen LogP contribution < -0.4 is 0 Å². The lowest BCUT2D eigenvalue weighted by Crippen LogP contribution is -1.95. The third-order valence-electron chi connectivity index (χ3n) is 2.61. The second kappa shape index (κ2) is 4.23. The first-order chi connectivity index (χ1) is 8.72. The van der Waals surface area contributed by atoms with Crippen LogP contribution in [0.4, 0.5) is 0 Å². The summed E-state index contributed by atoms with van der Waals surface area (Å²) in [6.07, 6.45) is -0.299. The fourth-order valence-corrected chi connectivity index (χ4v) is 1.75. The minimum absolute atomic E-state index is 0.223. The van der Waals surface area contributed by atoms with Crippen LogP contribution in [0.2, 0.25) is 0 Å². The maximum absolute atomic E-state index is 9.30. The molecule has 0 radical (unpaired) electrons. The van der Waals surface area contributed by atoms with Crippen LogP contribution in [0.5, 0.6) is 0 Å². The van der Waals surface area contributed by atoms with Gasteiger partial charge in [-0.15, -0.1) is 0 Å². The normalized spacial score (nSPS) is 13.0. The largest absolute Gasteiger partial charge is 0.384 e. The fourth-order valence-electron chi connectivity index (χ4n) is 1.75. The van der Waals surface area contributed by atoms with Gasteiger partial charge >= 0.3 is 0 Å². The molecule has 0 aliphatic rings. The molecule has 1 atom stereocenters. The molecule has 18 heavy (non-hydrogen) atoms. The number of aromatic amines is 1. The first kappa shape index (κ1) is 10.9. The summed E-state index contributed by atoms with van der Waals surface area (Å²) >= 11 is 0. The molecule has 2 aromatic heterocycles. The van der Waals surface area contributed by atoms with E-state index in [9.17, 15) is 5.11 Å². The van der Waals surface area contributed by atoms with Crippen molar-refractivity contribution in [2.45, 2.75) is 19.4 Å². The lowest BCUT2D eigenvalue weighted by Gasteiger charge is -1.92. The summed E-state index contributed by atoms with van der Waals surface area (Å²) in [6.45, 7) is 1.58. The van der Waals surface area contributed by atoms with E-state index < -0.39 is 6.10 Å². The molecule has 0 spiro atoms. The number of fused-ring (bicyclic) bond motifs is 1. The van der Waals surface area contributed by atoms with E-state index >= 15 is 0 Å². The molecule has 92 valence electrons. The Hall–Kier alpha value is -2.21. The van der Waals surface area contributed by atoms with E-state index in [1.54, 1.807) is 6.92 Å². The number of hydrogen-bond donors (Lipinski definition) is 2. The molecule has 0 fully saturated rings. The number of aliphatic hydroxyl groups is 1. The van der Waals surface area contributed by atoms with Crippen molar-refractivity contribution >= 4 is 11.0 Å². The lowest BCUT2D eigenvalue weighted by molar-refractivity contribution is 0.151. The first-order valence-electron chi connectivity index (χ1n) is 5.66. The summed E-state index contributed by atoms with van der Waals surface area (Å²) in [4.78, 5) is 11.7. The Balaban J connectivity index is 1.86. The Morgan fingerprint density at radius 1 is 1.33 bits per heavy atom. The van der Waals surface area contributed by atoms with Gasteiger partial charge in [0, 0.05) is 0 Å². The highest BCUT2D eigenvalue weighted by molar-refractivity contribution is 5.74. The van der Waals surface area contributed by atoms with Crippen molar-refractivity contribution in [3.8, 4) is 0 Å². The van der Waals surface area contributed by atoms with Gasteiger partial charge in [0.2, 0.25) is 0 Å². The van der Waals surface area contributed by atoms with Gasteiger partial charge < -0.3 is 14.6 Å². The van der Waals surface area contributed by atoms with Gasteiger partial charge in [0.05, 0.1) is 17.5 Å². The van der Waals surface area contributed by atoms with Gasteiger partial charge in [-0.2, -0.15) is 4.98 Å². The number of nitrogens with zero attached hydrogens (tertiary/aromatic N) is 3. The zero-order valence-corrected chi connectivity index (χ0v) is 9.79. The Kier molecular flexibility index (Phi) is 2.56. The van der Waals surface area contributed by atoms with Crippen LogP contribution in [0.15, 0.2) is 28.8 Å². The summed E-state index contributed by atoms with van der Waals surface area (Å²) in [5.41, 5.74) is 1.89. The number of imidazole rings is 1. The molecule has 3 aromatic rings. The van der Waals surface area contributed by atoms with Crippen LogP contribution in [0.3, 0.4) is 0 Å². The van der Waals surface area contributed by atoms with Gasteiger partial charge in [-0.25, -0.2) is 4.98 Å². The SMILES string of the molecule is CC(O)c1nc(Cc2nc3ccccc3[nH]2)no1. The smallest absolute Gasteiger partial charge is 0.255 e. The molecule has 0 aliphatic carbocycles. The third-order valence-corrected chi connectivity index (χ3v) is 2.61. The molecular weight excluding hydrogens is 232 g/mol. The number of nitrogens with one attached hydrogen (secondary N) is 1. The Morgan fingerprint density at radius 2 is 2.17 bits per heavy atom. The van der Waals surface area contributed by atoms with E-state index in [1.165, 1.54) is 0 Å². The standard InChI is InChI=1S/C12H12N4O2/c1-7(17)12-15-11(16-18-12)6-10-13-8-4-2-3-5-9(8)14-10/h2-5,7,17H,6H2,1H3,(H,13,14). The van der Waals surface area contributed by atoms with Crippen LogP contribution in [0, 0.1) is 0 Å². The van der Waals surface area contributed by atoms with Gasteiger partial charge in [-0.05, 0) is 19.1 Å². The average Bonchev–Trinajstić information content (AvgIpc) is 2.94. The molecule has 2 heterocycles. The van der Waals surface area contributed by atoms with Gasteiger partial charge in [-0.1, -0.05) is 17.3 Å². The highest BCUT2D eigenvalue weighted by Crippen LogP contribution is 2.14. The van der Waals surface area contributed by atoms with Crippen molar-refractivity contribution < 1.29 is 9.63 Å². The number of aliphatic hydroxyl groups excluding tert-OH is 1. The highest BCUT2D eigenvalue weighted by atomic mass is 16.5. The number of para-hydroxylation sites is 2. The molecule has 0 aliphatic heterocycles. The highest BCUT2D eigenvalue weighted by Gasteiger charge is 2.12. The summed E-state index contributed by atoms with van der Waals surface area (Å²) in [5, 5.41) is 13.1. The molecule has 6 heteroatoms. The number of hydrogen-bond acceptors (Lipinski definition) is 5. The van der Waals surface area contributed by atoms with Gasteiger partial charge in [-0.3, -0.25) is 0 Å². The van der Waals surface area contributed by atoms with E-state index in [0.29, 0.717) is 12.2 Å². The second-order valence-corrected chi connectivity index (χ2v) is 4.10. The molecule has 2 N–H and O–H groups in total. The molecule has 0 saturated heterocycles.